The Morgan fingerprint density at radius 2 is 2.12 bits per heavy atom. The summed E-state index contributed by atoms with van der Waals surface area (Å²) in [4.78, 5) is 12.1. The van der Waals surface area contributed by atoms with Gasteiger partial charge >= 0.3 is 0 Å². The van der Waals surface area contributed by atoms with Crippen molar-refractivity contribution in [3.63, 3.8) is 0 Å². The molecule has 0 aromatic heterocycles. The first-order valence-electron chi connectivity index (χ1n) is 5.36. The lowest BCUT2D eigenvalue weighted by atomic mass is 10.0. The molecule has 0 saturated heterocycles. The van der Waals surface area contributed by atoms with Crippen LogP contribution in [-0.2, 0) is 0 Å². The van der Waals surface area contributed by atoms with Crippen LogP contribution in [0.3, 0.4) is 0 Å². The van der Waals surface area contributed by atoms with Crippen molar-refractivity contribution in [3.8, 4) is 0 Å². The predicted molar refractivity (Wildman–Crippen MR) is 67.6 cm³/mol. The lowest BCUT2D eigenvalue weighted by molar-refractivity contribution is -0.383. The fourth-order valence-electron chi connectivity index (χ4n) is 1.53. The number of nitrogens with zero attached hydrogens (tertiary/aromatic N) is 2. The van der Waals surface area contributed by atoms with Gasteiger partial charge in [0.05, 0.1) is 4.92 Å². The van der Waals surface area contributed by atoms with Gasteiger partial charge in [-0.3, -0.25) is 10.1 Å². The van der Waals surface area contributed by atoms with E-state index in [-0.39, 0.29) is 17.4 Å². The molecule has 6 nitrogen and oxygen atoms in total. The highest BCUT2D eigenvalue weighted by atomic mass is 16.6. The lowest BCUT2D eigenvalue weighted by Crippen LogP contribution is -2.20. The molecule has 0 fully saturated rings. The van der Waals surface area contributed by atoms with Crippen LogP contribution >= 0.6 is 0 Å². The summed E-state index contributed by atoms with van der Waals surface area (Å²) in [6.45, 7) is 0.859. The fraction of sp³-hybridized carbons (Fsp3) is 0.455. The molecular weight excluding hydrogens is 220 g/mol. The first-order chi connectivity index (χ1) is 7.91. The third-order valence-electron chi connectivity index (χ3n) is 2.56. The zero-order chi connectivity index (χ0) is 13.0. The van der Waals surface area contributed by atoms with Gasteiger partial charge < -0.3 is 16.4 Å². The average Bonchev–Trinajstić information content (AvgIpc) is 2.25. The smallest absolute Gasteiger partial charge is 0.292 e. The first-order valence-corrected chi connectivity index (χ1v) is 5.36. The maximum absolute atomic E-state index is 10.6. The van der Waals surface area contributed by atoms with E-state index in [0.717, 1.165) is 18.5 Å². The van der Waals surface area contributed by atoms with Crippen LogP contribution in [0, 0.1) is 10.1 Å². The predicted octanol–water partition coefficient (Wildman–Crippen LogP) is 1.13. The fourth-order valence-corrected chi connectivity index (χ4v) is 1.53. The molecule has 0 aliphatic rings. The van der Waals surface area contributed by atoms with Crippen molar-refractivity contribution in [2.75, 3.05) is 26.4 Å². The Morgan fingerprint density at radius 3 is 2.59 bits per heavy atom. The van der Waals surface area contributed by atoms with E-state index in [4.69, 9.17) is 11.5 Å². The third kappa shape index (κ3) is 3.69. The molecule has 94 valence electrons. The summed E-state index contributed by atoms with van der Waals surface area (Å²) in [6, 6.07) is 4.49. The highest BCUT2D eigenvalue weighted by Gasteiger charge is 2.14. The lowest BCUT2D eigenvalue weighted by Gasteiger charge is -2.15. The SMILES string of the molecule is CN(C)CCC(N)c1ccc([N+](=O)[O-])c(N)c1. The third-order valence-corrected chi connectivity index (χ3v) is 2.56. The standard InChI is InChI=1S/C11H18N4O2/c1-14(2)6-5-9(12)8-3-4-11(15(16)17)10(13)7-8/h3-4,7,9H,5-6,12-13H2,1-2H3. The summed E-state index contributed by atoms with van der Waals surface area (Å²) in [6.07, 6.45) is 0.782. The average molecular weight is 238 g/mol. The van der Waals surface area contributed by atoms with Crippen LogP contribution in [0.1, 0.15) is 18.0 Å². The second-order valence-corrected chi connectivity index (χ2v) is 4.27. The summed E-state index contributed by atoms with van der Waals surface area (Å²) >= 11 is 0. The molecule has 0 spiro atoms. The second-order valence-electron chi connectivity index (χ2n) is 4.27. The van der Waals surface area contributed by atoms with Gasteiger partial charge in [0.2, 0.25) is 0 Å². The number of hydrogen-bond donors (Lipinski definition) is 2. The van der Waals surface area contributed by atoms with Crippen molar-refractivity contribution >= 4 is 11.4 Å². The van der Waals surface area contributed by atoms with E-state index in [1.807, 2.05) is 19.0 Å². The first kappa shape index (κ1) is 13.4. The maximum Gasteiger partial charge on any atom is 0.292 e. The molecule has 1 unspecified atom stereocenters. The van der Waals surface area contributed by atoms with E-state index < -0.39 is 4.92 Å². The number of nitrogens with two attached hydrogens (primary N) is 2. The number of nitrogen functional groups attached to an aromatic ring is 1. The number of nitro benzene ring substituents is 1. The van der Waals surface area contributed by atoms with E-state index in [2.05, 4.69) is 0 Å². The van der Waals surface area contributed by atoms with Crippen LogP contribution in [0.25, 0.3) is 0 Å². The van der Waals surface area contributed by atoms with Gasteiger partial charge in [0.25, 0.3) is 5.69 Å². The van der Waals surface area contributed by atoms with Gasteiger partial charge in [-0.05, 0) is 38.7 Å². The number of nitro groups is 1. The Balaban J connectivity index is 2.79. The zero-order valence-electron chi connectivity index (χ0n) is 10.1. The van der Waals surface area contributed by atoms with E-state index in [9.17, 15) is 10.1 Å². The van der Waals surface area contributed by atoms with Crippen LogP contribution in [-0.4, -0.2) is 30.5 Å². The second kappa shape index (κ2) is 5.60. The largest absolute Gasteiger partial charge is 0.393 e. The molecule has 17 heavy (non-hydrogen) atoms. The molecule has 6 heteroatoms. The van der Waals surface area contributed by atoms with Crippen LogP contribution in [0.15, 0.2) is 18.2 Å². The minimum atomic E-state index is -0.496. The van der Waals surface area contributed by atoms with Gasteiger partial charge in [-0.15, -0.1) is 0 Å². The van der Waals surface area contributed by atoms with Crippen molar-refractivity contribution in [2.45, 2.75) is 12.5 Å². The summed E-state index contributed by atoms with van der Waals surface area (Å²) in [5.74, 6) is 0. The molecule has 1 aromatic rings. The van der Waals surface area contributed by atoms with E-state index in [1.165, 1.54) is 6.07 Å². The van der Waals surface area contributed by atoms with Crippen LogP contribution in [0.4, 0.5) is 11.4 Å². The summed E-state index contributed by atoms with van der Waals surface area (Å²) in [7, 11) is 3.94. The summed E-state index contributed by atoms with van der Waals surface area (Å²) in [5.41, 5.74) is 12.5. The maximum atomic E-state index is 10.6. The van der Waals surface area contributed by atoms with Crippen molar-refractivity contribution < 1.29 is 4.92 Å². The molecule has 1 atom stereocenters. The molecule has 0 amide bonds. The highest BCUT2D eigenvalue weighted by Crippen LogP contribution is 2.25. The Bertz CT molecular complexity index is 406. The van der Waals surface area contributed by atoms with Gasteiger partial charge in [-0.1, -0.05) is 6.07 Å². The summed E-state index contributed by atoms with van der Waals surface area (Å²) in [5, 5.41) is 10.6. The number of rotatable bonds is 5. The zero-order valence-corrected chi connectivity index (χ0v) is 10.1. The number of hydrogen-bond acceptors (Lipinski definition) is 5. The Kier molecular flexibility index (Phi) is 4.42. The van der Waals surface area contributed by atoms with Crippen LogP contribution in [0.5, 0.6) is 0 Å². The van der Waals surface area contributed by atoms with Crippen molar-refractivity contribution in [3.05, 3.63) is 33.9 Å². The van der Waals surface area contributed by atoms with Crippen molar-refractivity contribution in [1.82, 2.24) is 4.90 Å². The molecular formula is C11H18N4O2. The Hall–Kier alpha value is -1.66. The van der Waals surface area contributed by atoms with E-state index in [0.29, 0.717) is 0 Å². The van der Waals surface area contributed by atoms with Crippen LogP contribution in [0.2, 0.25) is 0 Å². The van der Waals surface area contributed by atoms with Gasteiger partial charge in [-0.2, -0.15) is 0 Å². The van der Waals surface area contributed by atoms with Crippen LogP contribution < -0.4 is 11.5 Å². The Labute approximate surface area is 100 Å². The molecule has 1 rings (SSSR count). The number of anilines is 1. The normalized spacial score (nSPS) is 12.7. The molecule has 0 aliphatic heterocycles. The monoisotopic (exact) mass is 238 g/mol. The minimum absolute atomic E-state index is 0.0754. The molecule has 0 radical (unpaired) electrons. The van der Waals surface area contributed by atoms with Gasteiger partial charge in [-0.25, -0.2) is 0 Å². The minimum Gasteiger partial charge on any atom is -0.393 e. The van der Waals surface area contributed by atoms with Gasteiger partial charge in [0, 0.05) is 12.1 Å². The molecule has 0 bridgehead atoms. The molecule has 1 aromatic carbocycles. The van der Waals surface area contributed by atoms with Gasteiger partial charge in [0.15, 0.2) is 0 Å². The van der Waals surface area contributed by atoms with E-state index in [1.54, 1.807) is 12.1 Å². The molecule has 0 saturated carbocycles. The topological polar surface area (TPSA) is 98.4 Å². The number of benzene rings is 1. The van der Waals surface area contributed by atoms with Crippen molar-refractivity contribution in [1.29, 1.82) is 0 Å². The van der Waals surface area contributed by atoms with E-state index >= 15 is 0 Å². The molecule has 0 heterocycles. The Morgan fingerprint density at radius 1 is 1.47 bits per heavy atom. The quantitative estimate of drug-likeness (QED) is 0.455. The molecule has 4 N–H and O–H groups in total. The van der Waals surface area contributed by atoms with Crippen molar-refractivity contribution in [2.24, 2.45) is 5.73 Å². The van der Waals surface area contributed by atoms with Gasteiger partial charge in [0.1, 0.15) is 5.69 Å². The summed E-state index contributed by atoms with van der Waals surface area (Å²) < 4.78 is 0. The molecule has 0 aliphatic carbocycles. The highest BCUT2D eigenvalue weighted by molar-refractivity contribution is 5.59.